The zero-order chi connectivity index (χ0) is 25.5. The van der Waals surface area contributed by atoms with Gasteiger partial charge in [0.1, 0.15) is 11.5 Å². The summed E-state index contributed by atoms with van der Waals surface area (Å²) in [5.41, 5.74) is 4.46. The lowest BCUT2D eigenvalue weighted by Crippen LogP contribution is -2.32. The molecule has 0 spiro atoms. The number of fused-ring (bicyclic) bond motifs is 1. The Morgan fingerprint density at radius 1 is 0.944 bits per heavy atom. The van der Waals surface area contributed by atoms with Crippen molar-refractivity contribution >= 4 is 16.8 Å². The number of ether oxygens (including phenoxy) is 2. The van der Waals surface area contributed by atoms with E-state index in [4.69, 9.17) is 9.47 Å². The molecule has 4 rings (SSSR count). The van der Waals surface area contributed by atoms with Crippen LogP contribution in [0.15, 0.2) is 79.0 Å². The Morgan fingerprint density at radius 3 is 2.28 bits per heavy atom. The predicted octanol–water partition coefficient (Wildman–Crippen LogP) is 4.91. The highest BCUT2D eigenvalue weighted by atomic mass is 16.5. The van der Waals surface area contributed by atoms with Crippen molar-refractivity contribution in [2.75, 3.05) is 41.4 Å². The number of hydrogen-bond donors (Lipinski definition) is 1. The van der Waals surface area contributed by atoms with E-state index in [1.807, 2.05) is 38.4 Å². The Bertz CT molecular complexity index is 1280. The van der Waals surface area contributed by atoms with Gasteiger partial charge >= 0.3 is 0 Å². The smallest absolute Gasteiger partial charge is 0.220 e. The summed E-state index contributed by atoms with van der Waals surface area (Å²) in [6, 6.07) is 24.7. The maximum atomic E-state index is 13.1. The van der Waals surface area contributed by atoms with Gasteiger partial charge in [-0.3, -0.25) is 4.79 Å². The highest BCUT2D eigenvalue weighted by molar-refractivity contribution is 5.87. The first-order chi connectivity index (χ1) is 17.5. The lowest BCUT2D eigenvalue weighted by Gasteiger charge is -2.19. The number of methoxy groups -OCH3 is 2. The molecule has 36 heavy (non-hydrogen) atoms. The maximum absolute atomic E-state index is 13.1. The van der Waals surface area contributed by atoms with Crippen molar-refractivity contribution < 1.29 is 14.3 Å². The summed E-state index contributed by atoms with van der Waals surface area (Å²) in [6.07, 6.45) is 2.52. The number of benzene rings is 3. The standard InChI is InChI=1S/C30H35N3O3/c1-32(2)15-14-31-30(34)19-27(23-16-24(35-3)18-25(17-23)36-4)28-21-33(20-22-10-6-5-7-11-22)29-13-9-8-12-26(28)29/h5-13,16-18,21,27H,14-15,19-20H2,1-4H3,(H,31,34). The number of aromatic nitrogens is 1. The molecule has 6 heteroatoms. The van der Waals surface area contributed by atoms with Crippen LogP contribution in [0.3, 0.4) is 0 Å². The molecule has 0 aliphatic heterocycles. The van der Waals surface area contributed by atoms with Crippen LogP contribution < -0.4 is 14.8 Å². The van der Waals surface area contributed by atoms with E-state index in [1.54, 1.807) is 14.2 Å². The largest absolute Gasteiger partial charge is 0.497 e. The van der Waals surface area contributed by atoms with E-state index in [9.17, 15) is 4.79 Å². The summed E-state index contributed by atoms with van der Waals surface area (Å²) in [5.74, 6) is 1.25. The average Bonchev–Trinajstić information content (AvgIpc) is 3.25. The van der Waals surface area contributed by atoms with Crippen LogP contribution in [0.4, 0.5) is 0 Å². The summed E-state index contributed by atoms with van der Waals surface area (Å²) in [4.78, 5) is 15.2. The van der Waals surface area contributed by atoms with Crippen molar-refractivity contribution in [1.29, 1.82) is 0 Å². The molecule has 0 fully saturated rings. The van der Waals surface area contributed by atoms with Gasteiger partial charge in [0.05, 0.1) is 14.2 Å². The van der Waals surface area contributed by atoms with E-state index in [0.29, 0.717) is 24.5 Å². The topological polar surface area (TPSA) is 55.7 Å². The average molecular weight is 486 g/mol. The Labute approximate surface area is 213 Å². The number of carbonyl (C=O) groups is 1. The maximum Gasteiger partial charge on any atom is 0.220 e. The van der Waals surface area contributed by atoms with Crippen molar-refractivity contribution in [3.63, 3.8) is 0 Å². The Balaban J connectivity index is 1.77. The summed E-state index contributed by atoms with van der Waals surface area (Å²) < 4.78 is 13.4. The van der Waals surface area contributed by atoms with Gasteiger partial charge in [0.15, 0.2) is 0 Å². The number of nitrogens with zero attached hydrogens (tertiary/aromatic N) is 2. The second-order valence-electron chi connectivity index (χ2n) is 9.27. The van der Waals surface area contributed by atoms with Gasteiger partial charge in [0, 0.05) is 55.1 Å². The van der Waals surface area contributed by atoms with Crippen LogP contribution in [-0.2, 0) is 11.3 Å². The third-order valence-electron chi connectivity index (χ3n) is 6.44. The van der Waals surface area contributed by atoms with Gasteiger partial charge in [-0.25, -0.2) is 0 Å². The molecule has 0 bridgehead atoms. The molecule has 1 unspecified atom stereocenters. The Kier molecular flexibility index (Phi) is 8.28. The molecular formula is C30H35N3O3. The lowest BCUT2D eigenvalue weighted by molar-refractivity contribution is -0.121. The SMILES string of the molecule is COc1cc(OC)cc(C(CC(=O)NCCN(C)C)c2cn(Cc3ccccc3)c3ccccc23)c1. The second kappa shape index (κ2) is 11.8. The van der Waals surface area contributed by atoms with Crippen LogP contribution in [0.2, 0.25) is 0 Å². The van der Waals surface area contributed by atoms with E-state index in [0.717, 1.165) is 35.1 Å². The van der Waals surface area contributed by atoms with E-state index in [-0.39, 0.29) is 11.8 Å². The molecule has 0 saturated heterocycles. The van der Waals surface area contributed by atoms with Crippen LogP contribution in [0.1, 0.15) is 29.0 Å². The normalized spacial score (nSPS) is 12.0. The molecular weight excluding hydrogens is 450 g/mol. The van der Waals surface area contributed by atoms with Gasteiger partial charge in [-0.05, 0) is 49.0 Å². The molecule has 1 amide bonds. The molecule has 6 nitrogen and oxygen atoms in total. The van der Waals surface area contributed by atoms with Crippen molar-refractivity contribution in [3.05, 3.63) is 95.7 Å². The number of nitrogens with one attached hydrogen (secondary N) is 1. The number of rotatable bonds is 11. The number of para-hydroxylation sites is 1. The van der Waals surface area contributed by atoms with Gasteiger partial charge < -0.3 is 24.3 Å². The van der Waals surface area contributed by atoms with Crippen LogP contribution >= 0.6 is 0 Å². The van der Waals surface area contributed by atoms with Gasteiger partial charge in [0.25, 0.3) is 0 Å². The quantitative estimate of drug-likeness (QED) is 0.328. The van der Waals surface area contributed by atoms with E-state index >= 15 is 0 Å². The molecule has 0 aliphatic rings. The van der Waals surface area contributed by atoms with E-state index in [2.05, 4.69) is 69.5 Å². The van der Waals surface area contributed by atoms with Crippen molar-refractivity contribution in [3.8, 4) is 11.5 Å². The molecule has 1 atom stereocenters. The zero-order valence-electron chi connectivity index (χ0n) is 21.5. The first-order valence-corrected chi connectivity index (χ1v) is 12.2. The third-order valence-corrected chi connectivity index (χ3v) is 6.44. The first-order valence-electron chi connectivity index (χ1n) is 12.2. The van der Waals surface area contributed by atoms with Crippen molar-refractivity contribution in [2.24, 2.45) is 0 Å². The highest BCUT2D eigenvalue weighted by Gasteiger charge is 2.24. The fourth-order valence-corrected chi connectivity index (χ4v) is 4.58. The third kappa shape index (κ3) is 6.07. The minimum absolute atomic E-state index is 0.0172. The van der Waals surface area contributed by atoms with Gasteiger partial charge in [-0.2, -0.15) is 0 Å². The molecule has 3 aromatic carbocycles. The number of likely N-dealkylation sites (N-methyl/N-ethyl adjacent to an activating group) is 1. The Hall–Kier alpha value is -3.77. The minimum Gasteiger partial charge on any atom is -0.497 e. The monoisotopic (exact) mass is 485 g/mol. The fourth-order valence-electron chi connectivity index (χ4n) is 4.58. The molecule has 0 aliphatic carbocycles. The fraction of sp³-hybridized carbons (Fsp3) is 0.300. The molecule has 0 radical (unpaired) electrons. The molecule has 188 valence electrons. The number of carbonyl (C=O) groups excluding carboxylic acids is 1. The van der Waals surface area contributed by atoms with Crippen molar-refractivity contribution in [1.82, 2.24) is 14.8 Å². The molecule has 1 N–H and O–H groups in total. The van der Waals surface area contributed by atoms with Gasteiger partial charge in [-0.15, -0.1) is 0 Å². The lowest BCUT2D eigenvalue weighted by atomic mass is 9.87. The van der Waals surface area contributed by atoms with Crippen LogP contribution in [0, 0.1) is 0 Å². The molecule has 4 aromatic rings. The second-order valence-corrected chi connectivity index (χ2v) is 9.27. The minimum atomic E-state index is -0.171. The van der Waals surface area contributed by atoms with Crippen LogP contribution in [0.25, 0.3) is 10.9 Å². The predicted molar refractivity (Wildman–Crippen MR) is 145 cm³/mol. The van der Waals surface area contributed by atoms with Gasteiger partial charge in [0.2, 0.25) is 5.91 Å². The van der Waals surface area contributed by atoms with Crippen molar-refractivity contribution in [2.45, 2.75) is 18.9 Å². The highest BCUT2D eigenvalue weighted by Crippen LogP contribution is 2.38. The first kappa shape index (κ1) is 25.3. The molecule has 1 heterocycles. The van der Waals surface area contributed by atoms with E-state index < -0.39 is 0 Å². The molecule has 1 aromatic heterocycles. The van der Waals surface area contributed by atoms with Gasteiger partial charge in [-0.1, -0.05) is 48.5 Å². The summed E-state index contributed by atoms with van der Waals surface area (Å²) in [5, 5.41) is 4.23. The van der Waals surface area contributed by atoms with Crippen LogP contribution in [0.5, 0.6) is 11.5 Å². The van der Waals surface area contributed by atoms with E-state index in [1.165, 1.54) is 5.56 Å². The number of hydrogen-bond acceptors (Lipinski definition) is 4. The summed E-state index contributed by atoms with van der Waals surface area (Å²) in [7, 11) is 7.29. The molecule has 0 saturated carbocycles. The Morgan fingerprint density at radius 2 is 1.61 bits per heavy atom. The number of amides is 1. The summed E-state index contributed by atoms with van der Waals surface area (Å²) >= 11 is 0. The zero-order valence-corrected chi connectivity index (χ0v) is 21.5. The summed E-state index contributed by atoms with van der Waals surface area (Å²) in [6.45, 7) is 2.15. The van der Waals surface area contributed by atoms with Crippen LogP contribution in [-0.4, -0.2) is 56.8 Å².